The van der Waals surface area contributed by atoms with E-state index < -0.39 is 15.8 Å². The molecule has 2 aromatic rings. The van der Waals surface area contributed by atoms with Gasteiger partial charge in [0, 0.05) is 6.07 Å². The molecule has 1 heterocycles. The van der Waals surface area contributed by atoms with Gasteiger partial charge in [-0.15, -0.1) is 0 Å². The molecule has 0 aliphatic heterocycles. The molecule has 0 saturated carbocycles. The lowest BCUT2D eigenvalue weighted by Gasteiger charge is -2.10. The second-order valence-corrected chi connectivity index (χ2v) is 7.09. The first-order valence-electron chi connectivity index (χ1n) is 5.40. The van der Waals surface area contributed by atoms with Gasteiger partial charge in [-0.2, -0.15) is 0 Å². The Labute approximate surface area is 138 Å². The van der Waals surface area contributed by atoms with Crippen molar-refractivity contribution in [3.05, 3.63) is 44.5 Å². The molecule has 0 atom stereocenters. The molecule has 1 aromatic heterocycles. The van der Waals surface area contributed by atoms with Crippen LogP contribution in [0.1, 0.15) is 5.76 Å². The van der Waals surface area contributed by atoms with Crippen molar-refractivity contribution in [2.45, 2.75) is 11.4 Å². The minimum absolute atomic E-state index is 0.00944. The van der Waals surface area contributed by atoms with Crippen LogP contribution in [0.2, 0.25) is 10.0 Å². The summed E-state index contributed by atoms with van der Waals surface area (Å²) >= 11 is 14.6. The van der Waals surface area contributed by atoms with Crippen molar-refractivity contribution in [1.82, 2.24) is 0 Å². The third-order valence-electron chi connectivity index (χ3n) is 2.44. The van der Waals surface area contributed by atoms with Crippen molar-refractivity contribution in [3.63, 3.8) is 0 Å². The van der Waals surface area contributed by atoms with Crippen molar-refractivity contribution in [2.75, 3.05) is 4.72 Å². The Bertz CT molecular complexity index is 772. The van der Waals surface area contributed by atoms with E-state index in [1.165, 1.54) is 6.07 Å². The Morgan fingerprint density at radius 1 is 1.29 bits per heavy atom. The van der Waals surface area contributed by atoms with E-state index in [1.54, 1.807) is 0 Å². The molecule has 2 rings (SSSR count). The summed E-state index contributed by atoms with van der Waals surface area (Å²) in [6, 6.07) is 3.15. The molecule has 0 fully saturated rings. The monoisotopic (exact) mass is 416 g/mol. The molecule has 0 bridgehead atoms. The smallest absolute Gasteiger partial charge is 0.266 e. The van der Waals surface area contributed by atoms with Crippen LogP contribution in [0.4, 0.5) is 10.1 Å². The lowest BCUT2D eigenvalue weighted by atomic mass is 10.3. The molecule has 0 amide bonds. The maximum atomic E-state index is 13.1. The van der Waals surface area contributed by atoms with Crippen LogP contribution in [0.5, 0.6) is 0 Å². The normalized spacial score (nSPS) is 11.7. The fourth-order valence-corrected chi connectivity index (χ4v) is 4.28. The largest absolute Gasteiger partial charge is 0.452 e. The predicted molar refractivity (Wildman–Crippen MR) is 81.5 cm³/mol. The lowest BCUT2D eigenvalue weighted by molar-refractivity contribution is 0.484. The summed E-state index contributed by atoms with van der Waals surface area (Å²) in [5, 5.41) is -0.329. The molecule has 114 valence electrons. The Balaban J connectivity index is 2.44. The topological polar surface area (TPSA) is 85.3 Å². The zero-order chi connectivity index (χ0) is 15.8. The second kappa shape index (κ2) is 6.13. The quantitative estimate of drug-likeness (QED) is 0.793. The number of nitrogens with one attached hydrogen (secondary N) is 1. The summed E-state index contributed by atoms with van der Waals surface area (Å²) in [5.41, 5.74) is 5.26. The second-order valence-electron chi connectivity index (χ2n) is 3.90. The number of benzene rings is 1. The Morgan fingerprint density at radius 3 is 2.33 bits per heavy atom. The third kappa shape index (κ3) is 3.51. The van der Waals surface area contributed by atoms with Crippen LogP contribution in [0.15, 0.2) is 32.2 Å². The summed E-state index contributed by atoms with van der Waals surface area (Å²) < 4.78 is 45.0. The van der Waals surface area contributed by atoms with Gasteiger partial charge in [0.05, 0.1) is 22.3 Å². The van der Waals surface area contributed by atoms with E-state index in [0.29, 0.717) is 0 Å². The van der Waals surface area contributed by atoms with E-state index in [1.807, 2.05) is 0 Å². The van der Waals surface area contributed by atoms with Crippen molar-refractivity contribution in [3.8, 4) is 0 Å². The summed E-state index contributed by atoms with van der Waals surface area (Å²) in [6.45, 7) is 0.0339. The first-order valence-corrected chi connectivity index (χ1v) is 8.43. The van der Waals surface area contributed by atoms with Gasteiger partial charge >= 0.3 is 0 Å². The van der Waals surface area contributed by atoms with Crippen LogP contribution in [0.25, 0.3) is 0 Å². The Kier molecular flexibility index (Phi) is 4.84. The van der Waals surface area contributed by atoms with E-state index in [2.05, 4.69) is 20.7 Å². The Morgan fingerprint density at radius 2 is 1.86 bits per heavy atom. The van der Waals surface area contributed by atoms with Gasteiger partial charge < -0.3 is 10.2 Å². The summed E-state index contributed by atoms with van der Waals surface area (Å²) in [5.74, 6) is -0.401. The van der Waals surface area contributed by atoms with Crippen LogP contribution in [-0.4, -0.2) is 8.42 Å². The summed E-state index contributed by atoms with van der Waals surface area (Å²) in [4.78, 5) is -0.167. The molecular weight excluding hydrogens is 410 g/mol. The molecule has 0 spiro atoms. The number of halogens is 4. The molecule has 3 N–H and O–H groups in total. The van der Waals surface area contributed by atoms with E-state index >= 15 is 0 Å². The van der Waals surface area contributed by atoms with Crippen LogP contribution in [0.3, 0.4) is 0 Å². The molecule has 1 aromatic carbocycles. The van der Waals surface area contributed by atoms with Crippen molar-refractivity contribution in [1.29, 1.82) is 0 Å². The van der Waals surface area contributed by atoms with Crippen LogP contribution < -0.4 is 10.5 Å². The fourth-order valence-electron chi connectivity index (χ4n) is 1.51. The standard InChI is InChI=1S/C11H8BrCl2FN2O3S/c12-11-9(3-6(4-16)20-11)21(18,19)17-10-7(13)1-5(15)2-8(10)14/h1-3,17H,4,16H2. The average molecular weight is 418 g/mol. The molecule has 0 aliphatic carbocycles. The highest BCUT2D eigenvalue weighted by Gasteiger charge is 2.24. The fraction of sp³-hybridized carbons (Fsp3) is 0.0909. The number of hydrogen-bond donors (Lipinski definition) is 2. The maximum absolute atomic E-state index is 13.1. The number of anilines is 1. The van der Waals surface area contributed by atoms with E-state index in [9.17, 15) is 12.8 Å². The number of nitrogens with two attached hydrogens (primary N) is 1. The predicted octanol–water partition coefficient (Wildman–Crippen LogP) is 3.75. The van der Waals surface area contributed by atoms with Gasteiger partial charge in [-0.05, 0) is 28.1 Å². The third-order valence-corrected chi connectivity index (χ3v) is 5.24. The highest BCUT2D eigenvalue weighted by molar-refractivity contribution is 9.10. The van der Waals surface area contributed by atoms with E-state index in [4.69, 9.17) is 33.4 Å². The average Bonchev–Trinajstić information content (AvgIpc) is 2.76. The molecular formula is C11H8BrCl2FN2O3S. The van der Waals surface area contributed by atoms with E-state index in [0.717, 1.165) is 12.1 Å². The molecule has 0 unspecified atom stereocenters. The minimum Gasteiger partial charge on any atom is -0.452 e. The molecule has 10 heteroatoms. The zero-order valence-corrected chi connectivity index (χ0v) is 14.1. The van der Waals surface area contributed by atoms with Crippen molar-refractivity contribution < 1.29 is 17.2 Å². The number of rotatable bonds is 4. The molecule has 0 saturated heterocycles. The lowest BCUT2D eigenvalue weighted by Crippen LogP contribution is -2.13. The van der Waals surface area contributed by atoms with Gasteiger partial charge in [-0.1, -0.05) is 23.2 Å². The van der Waals surface area contributed by atoms with Crippen molar-refractivity contribution >= 4 is 54.8 Å². The van der Waals surface area contributed by atoms with Crippen LogP contribution in [0, 0.1) is 5.82 Å². The van der Waals surface area contributed by atoms with Crippen molar-refractivity contribution in [2.24, 2.45) is 5.73 Å². The van der Waals surface area contributed by atoms with Gasteiger partial charge in [-0.3, -0.25) is 4.72 Å². The van der Waals surface area contributed by atoms with Crippen LogP contribution >= 0.6 is 39.1 Å². The first kappa shape index (κ1) is 16.6. The summed E-state index contributed by atoms with van der Waals surface area (Å²) in [6.07, 6.45) is 0. The molecule has 0 radical (unpaired) electrons. The van der Waals surface area contributed by atoms with Crippen LogP contribution in [-0.2, 0) is 16.6 Å². The molecule has 5 nitrogen and oxygen atoms in total. The molecule has 0 aliphatic rings. The number of sulfonamides is 1. The van der Waals surface area contributed by atoms with Gasteiger partial charge in [0.25, 0.3) is 10.0 Å². The Hall–Kier alpha value is -0.800. The van der Waals surface area contributed by atoms with Gasteiger partial charge in [-0.25, -0.2) is 12.8 Å². The highest BCUT2D eigenvalue weighted by atomic mass is 79.9. The number of hydrogen-bond acceptors (Lipinski definition) is 4. The van der Waals surface area contributed by atoms with E-state index in [-0.39, 0.29) is 37.6 Å². The zero-order valence-electron chi connectivity index (χ0n) is 10.2. The molecule has 21 heavy (non-hydrogen) atoms. The maximum Gasteiger partial charge on any atom is 0.266 e. The van der Waals surface area contributed by atoms with Gasteiger partial charge in [0.2, 0.25) is 0 Å². The number of furan rings is 1. The minimum atomic E-state index is -4.03. The highest BCUT2D eigenvalue weighted by Crippen LogP contribution is 2.35. The summed E-state index contributed by atoms with van der Waals surface area (Å²) in [7, 11) is -4.03. The first-order chi connectivity index (χ1) is 9.74. The van der Waals surface area contributed by atoms with Gasteiger partial charge in [0.15, 0.2) is 4.67 Å². The SMILES string of the molecule is NCc1cc(S(=O)(=O)Nc2c(Cl)cc(F)cc2Cl)c(Br)o1. The van der Waals surface area contributed by atoms with Gasteiger partial charge in [0.1, 0.15) is 16.5 Å².